The summed E-state index contributed by atoms with van der Waals surface area (Å²) in [6.45, 7) is 6.92. The van der Waals surface area contributed by atoms with Crippen molar-refractivity contribution < 1.29 is 0 Å². The van der Waals surface area contributed by atoms with Gasteiger partial charge in [-0.25, -0.2) is 14.9 Å². The second-order valence-corrected chi connectivity index (χ2v) is 9.68. The molecule has 0 amide bonds. The molecule has 3 aromatic heterocycles. The molecule has 0 aliphatic rings. The molecule has 3 heterocycles. The van der Waals surface area contributed by atoms with Crippen molar-refractivity contribution in [2.75, 3.05) is 0 Å². The standard InChI is InChI=1S/C27H30N8O2/c1-5-8-22-28-25-23(26(36)35(15-17(2)3)27(37)33(25)4)34(22)16-18-11-13-19(14-12-18)20-9-6-7-10-21(20)24-29-31-32-30-24/h6-7,9-14,17H,5,8,15-16H2,1-4H3,(H,29,30,31,32). The minimum Gasteiger partial charge on any atom is -0.318 e. The average Bonchev–Trinajstić information content (AvgIpc) is 3.55. The summed E-state index contributed by atoms with van der Waals surface area (Å²) in [4.78, 5) is 31.2. The zero-order valence-electron chi connectivity index (χ0n) is 21.5. The van der Waals surface area contributed by atoms with Crippen LogP contribution in [0.25, 0.3) is 33.7 Å². The van der Waals surface area contributed by atoms with E-state index in [1.54, 1.807) is 7.05 Å². The molecule has 10 heteroatoms. The monoisotopic (exact) mass is 498 g/mol. The number of H-pyrrole nitrogens is 1. The number of aromatic nitrogens is 8. The maximum absolute atomic E-state index is 13.5. The van der Waals surface area contributed by atoms with Gasteiger partial charge in [0.1, 0.15) is 5.82 Å². The molecule has 0 saturated carbocycles. The minimum absolute atomic E-state index is 0.164. The largest absolute Gasteiger partial charge is 0.332 e. The predicted octanol–water partition coefficient (Wildman–Crippen LogP) is 3.40. The van der Waals surface area contributed by atoms with E-state index >= 15 is 0 Å². The van der Waals surface area contributed by atoms with Gasteiger partial charge in [0.15, 0.2) is 17.0 Å². The zero-order chi connectivity index (χ0) is 26.1. The van der Waals surface area contributed by atoms with E-state index < -0.39 is 0 Å². The van der Waals surface area contributed by atoms with Crippen LogP contribution in [0.5, 0.6) is 0 Å². The van der Waals surface area contributed by atoms with Gasteiger partial charge in [-0.05, 0) is 39.5 Å². The molecular formula is C27H30N8O2. The first-order valence-corrected chi connectivity index (χ1v) is 12.5. The van der Waals surface area contributed by atoms with Crippen molar-refractivity contribution >= 4 is 11.2 Å². The molecule has 0 spiro atoms. The average molecular weight is 499 g/mol. The van der Waals surface area contributed by atoms with Crippen molar-refractivity contribution in [3.8, 4) is 22.5 Å². The summed E-state index contributed by atoms with van der Waals surface area (Å²) in [6.07, 6.45) is 1.59. The molecule has 2 aromatic carbocycles. The fourth-order valence-electron chi connectivity index (χ4n) is 4.71. The lowest BCUT2D eigenvalue weighted by Gasteiger charge is -2.13. The van der Waals surface area contributed by atoms with Crippen molar-refractivity contribution in [2.24, 2.45) is 13.0 Å². The maximum atomic E-state index is 13.5. The smallest absolute Gasteiger partial charge is 0.318 e. The molecule has 0 unspecified atom stereocenters. The number of nitrogens with zero attached hydrogens (tertiary/aromatic N) is 7. The summed E-state index contributed by atoms with van der Waals surface area (Å²) in [5.41, 5.74) is 4.28. The highest BCUT2D eigenvalue weighted by molar-refractivity contribution is 5.80. The van der Waals surface area contributed by atoms with Crippen LogP contribution in [0.4, 0.5) is 0 Å². The van der Waals surface area contributed by atoms with Crippen LogP contribution in [0.2, 0.25) is 0 Å². The summed E-state index contributed by atoms with van der Waals surface area (Å²) in [7, 11) is 1.68. The number of hydrogen-bond donors (Lipinski definition) is 1. The molecule has 0 aliphatic carbocycles. The number of imidazole rings is 1. The minimum atomic E-state index is -0.330. The summed E-state index contributed by atoms with van der Waals surface area (Å²) in [6, 6.07) is 16.2. The molecule has 0 atom stereocenters. The Morgan fingerprint density at radius 1 is 0.973 bits per heavy atom. The van der Waals surface area contributed by atoms with E-state index in [2.05, 4.69) is 51.8 Å². The third kappa shape index (κ3) is 4.50. The number of tetrazole rings is 1. The van der Waals surface area contributed by atoms with E-state index in [4.69, 9.17) is 4.98 Å². The van der Waals surface area contributed by atoms with E-state index in [1.807, 2.05) is 42.7 Å². The SMILES string of the molecule is CCCc1nc2c(c(=O)n(CC(C)C)c(=O)n2C)n1Cc1ccc(-c2ccccc2-c2nnn[nH]2)cc1. The summed E-state index contributed by atoms with van der Waals surface area (Å²) >= 11 is 0. The molecule has 0 aliphatic heterocycles. The van der Waals surface area contributed by atoms with E-state index in [0.717, 1.165) is 34.5 Å². The van der Waals surface area contributed by atoms with Gasteiger partial charge in [-0.15, -0.1) is 5.10 Å². The van der Waals surface area contributed by atoms with E-state index in [9.17, 15) is 9.59 Å². The van der Waals surface area contributed by atoms with Crippen molar-refractivity contribution in [3.63, 3.8) is 0 Å². The topological polar surface area (TPSA) is 116 Å². The second kappa shape index (κ2) is 9.96. The third-order valence-corrected chi connectivity index (χ3v) is 6.47. The van der Waals surface area contributed by atoms with E-state index in [1.165, 1.54) is 9.13 Å². The van der Waals surface area contributed by atoms with Gasteiger partial charge in [0, 0.05) is 32.1 Å². The second-order valence-electron chi connectivity index (χ2n) is 9.68. The van der Waals surface area contributed by atoms with Gasteiger partial charge < -0.3 is 4.57 Å². The van der Waals surface area contributed by atoms with Gasteiger partial charge in [-0.3, -0.25) is 13.9 Å². The Labute approximate surface area is 213 Å². The number of aryl methyl sites for hydroxylation is 2. The Balaban J connectivity index is 1.57. The highest BCUT2D eigenvalue weighted by Crippen LogP contribution is 2.30. The third-order valence-electron chi connectivity index (χ3n) is 6.47. The van der Waals surface area contributed by atoms with Crippen LogP contribution in [-0.4, -0.2) is 39.3 Å². The number of hydrogen-bond acceptors (Lipinski definition) is 6. The Bertz CT molecular complexity index is 1660. The highest BCUT2D eigenvalue weighted by atomic mass is 16.2. The summed E-state index contributed by atoms with van der Waals surface area (Å²) in [5, 5.41) is 14.3. The quantitative estimate of drug-likeness (QED) is 0.351. The molecule has 5 rings (SSSR count). The number of fused-ring (bicyclic) bond motifs is 1. The summed E-state index contributed by atoms with van der Waals surface area (Å²) < 4.78 is 4.80. The van der Waals surface area contributed by atoms with Crippen molar-refractivity contribution in [3.05, 3.63) is 80.8 Å². The fourth-order valence-corrected chi connectivity index (χ4v) is 4.71. The molecule has 0 bridgehead atoms. The molecule has 0 radical (unpaired) electrons. The van der Waals surface area contributed by atoms with Gasteiger partial charge in [-0.2, -0.15) is 0 Å². The molecule has 0 saturated heterocycles. The molecule has 37 heavy (non-hydrogen) atoms. The van der Waals surface area contributed by atoms with Crippen molar-refractivity contribution in [2.45, 2.75) is 46.7 Å². The molecule has 0 fully saturated rings. The van der Waals surface area contributed by atoms with Crippen molar-refractivity contribution in [1.29, 1.82) is 0 Å². The molecule has 1 N–H and O–H groups in total. The first-order chi connectivity index (χ1) is 17.9. The lowest BCUT2D eigenvalue weighted by atomic mass is 9.98. The highest BCUT2D eigenvalue weighted by Gasteiger charge is 2.20. The van der Waals surface area contributed by atoms with Crippen LogP contribution in [0.15, 0.2) is 58.1 Å². The Kier molecular flexibility index (Phi) is 6.56. The molecule has 190 valence electrons. The van der Waals surface area contributed by atoms with Crippen LogP contribution in [0.3, 0.4) is 0 Å². The van der Waals surface area contributed by atoms with E-state index in [0.29, 0.717) is 36.5 Å². The van der Waals surface area contributed by atoms with E-state index in [-0.39, 0.29) is 17.2 Å². The van der Waals surface area contributed by atoms with Gasteiger partial charge in [0.2, 0.25) is 0 Å². The first kappa shape index (κ1) is 24.4. The first-order valence-electron chi connectivity index (χ1n) is 12.5. The van der Waals surface area contributed by atoms with Gasteiger partial charge in [0.25, 0.3) is 5.56 Å². The lowest BCUT2D eigenvalue weighted by molar-refractivity contribution is 0.484. The number of nitrogens with one attached hydrogen (secondary N) is 1. The molecule has 10 nitrogen and oxygen atoms in total. The van der Waals surface area contributed by atoms with Gasteiger partial charge in [0.05, 0.1) is 0 Å². The van der Waals surface area contributed by atoms with Crippen LogP contribution in [-0.2, 0) is 26.6 Å². The number of aromatic amines is 1. The fraction of sp³-hybridized carbons (Fsp3) is 0.333. The maximum Gasteiger partial charge on any atom is 0.332 e. The normalized spacial score (nSPS) is 11.6. The van der Waals surface area contributed by atoms with Crippen molar-refractivity contribution in [1.82, 2.24) is 39.3 Å². The molecular weight excluding hydrogens is 468 g/mol. The van der Waals surface area contributed by atoms with Crippen LogP contribution in [0.1, 0.15) is 38.6 Å². The van der Waals surface area contributed by atoms with Crippen LogP contribution < -0.4 is 11.2 Å². The molecule has 5 aromatic rings. The van der Waals surface area contributed by atoms with Crippen LogP contribution >= 0.6 is 0 Å². The zero-order valence-corrected chi connectivity index (χ0v) is 21.5. The lowest BCUT2D eigenvalue weighted by Crippen LogP contribution is -2.40. The van der Waals surface area contributed by atoms with Gasteiger partial charge >= 0.3 is 5.69 Å². The Morgan fingerprint density at radius 2 is 1.70 bits per heavy atom. The Morgan fingerprint density at radius 3 is 2.35 bits per heavy atom. The Hall–Kier alpha value is -4.34. The predicted molar refractivity (Wildman–Crippen MR) is 142 cm³/mol. The number of benzene rings is 2. The summed E-state index contributed by atoms with van der Waals surface area (Å²) in [5.74, 6) is 1.58. The van der Waals surface area contributed by atoms with Gasteiger partial charge in [-0.1, -0.05) is 69.3 Å². The van der Waals surface area contributed by atoms with Crippen LogP contribution in [0, 0.1) is 5.92 Å². The number of rotatable bonds is 8.